The highest BCUT2D eigenvalue weighted by molar-refractivity contribution is 8.00. The van der Waals surface area contributed by atoms with Crippen LogP contribution in [0.1, 0.15) is 26.7 Å². The SMILES string of the molecule is CN=C(NCCN1CCOCC1(C)C)NCC1CCCS1. The van der Waals surface area contributed by atoms with Crippen LogP contribution in [0.25, 0.3) is 0 Å². The van der Waals surface area contributed by atoms with Crippen LogP contribution in [0.15, 0.2) is 4.99 Å². The zero-order chi connectivity index (χ0) is 15.1. The lowest BCUT2D eigenvalue weighted by atomic mass is 10.0. The van der Waals surface area contributed by atoms with Crippen molar-refractivity contribution in [3.05, 3.63) is 0 Å². The van der Waals surface area contributed by atoms with Crippen LogP contribution >= 0.6 is 11.8 Å². The minimum Gasteiger partial charge on any atom is -0.378 e. The Morgan fingerprint density at radius 1 is 1.43 bits per heavy atom. The van der Waals surface area contributed by atoms with Crippen molar-refractivity contribution in [1.29, 1.82) is 0 Å². The average molecular weight is 314 g/mol. The number of thioether (sulfide) groups is 1. The van der Waals surface area contributed by atoms with Gasteiger partial charge in [0.2, 0.25) is 0 Å². The molecule has 0 radical (unpaired) electrons. The third-order valence-corrected chi connectivity index (χ3v) is 5.63. The van der Waals surface area contributed by atoms with Gasteiger partial charge in [-0.15, -0.1) is 0 Å². The van der Waals surface area contributed by atoms with Crippen molar-refractivity contribution in [2.45, 2.75) is 37.5 Å². The number of hydrogen-bond acceptors (Lipinski definition) is 4. The summed E-state index contributed by atoms with van der Waals surface area (Å²) in [6, 6.07) is 0. The molecule has 2 saturated heterocycles. The number of rotatable bonds is 5. The molecule has 1 atom stereocenters. The van der Waals surface area contributed by atoms with Crippen LogP contribution in [0.3, 0.4) is 0 Å². The van der Waals surface area contributed by atoms with Crippen molar-refractivity contribution in [3.8, 4) is 0 Å². The first-order valence-electron chi connectivity index (χ1n) is 8.01. The minimum absolute atomic E-state index is 0.136. The molecular weight excluding hydrogens is 284 g/mol. The smallest absolute Gasteiger partial charge is 0.191 e. The summed E-state index contributed by atoms with van der Waals surface area (Å²) < 4.78 is 5.56. The maximum Gasteiger partial charge on any atom is 0.191 e. The molecule has 6 heteroatoms. The first kappa shape index (κ1) is 16.9. The van der Waals surface area contributed by atoms with E-state index < -0.39 is 0 Å². The van der Waals surface area contributed by atoms with Gasteiger partial charge in [-0.2, -0.15) is 11.8 Å². The van der Waals surface area contributed by atoms with Crippen molar-refractivity contribution in [2.24, 2.45) is 4.99 Å². The van der Waals surface area contributed by atoms with Crippen molar-refractivity contribution in [1.82, 2.24) is 15.5 Å². The number of nitrogens with zero attached hydrogens (tertiary/aromatic N) is 2. The highest BCUT2D eigenvalue weighted by atomic mass is 32.2. The monoisotopic (exact) mass is 314 g/mol. The number of morpholine rings is 1. The second kappa shape index (κ2) is 8.25. The van der Waals surface area contributed by atoms with Crippen molar-refractivity contribution in [3.63, 3.8) is 0 Å². The summed E-state index contributed by atoms with van der Waals surface area (Å²) in [7, 11) is 1.84. The van der Waals surface area contributed by atoms with Crippen LogP contribution in [0.5, 0.6) is 0 Å². The number of nitrogens with one attached hydrogen (secondary N) is 2. The Labute approximate surface area is 133 Å². The third kappa shape index (κ3) is 5.34. The number of aliphatic imine (C=N–C) groups is 1. The molecule has 0 saturated carbocycles. The predicted octanol–water partition coefficient (Wildman–Crippen LogP) is 1.16. The maximum atomic E-state index is 5.56. The molecule has 0 amide bonds. The van der Waals surface area contributed by atoms with Crippen LogP contribution in [-0.4, -0.2) is 73.8 Å². The normalized spacial score (nSPS) is 26.8. The first-order chi connectivity index (χ1) is 10.1. The van der Waals surface area contributed by atoms with E-state index in [-0.39, 0.29) is 5.54 Å². The molecule has 5 nitrogen and oxygen atoms in total. The van der Waals surface area contributed by atoms with Crippen molar-refractivity contribution < 1.29 is 4.74 Å². The van der Waals surface area contributed by atoms with E-state index in [0.717, 1.165) is 50.6 Å². The van der Waals surface area contributed by atoms with Crippen molar-refractivity contribution in [2.75, 3.05) is 52.2 Å². The summed E-state index contributed by atoms with van der Waals surface area (Å²) in [5.41, 5.74) is 0.136. The van der Waals surface area contributed by atoms with E-state index >= 15 is 0 Å². The molecule has 0 aromatic rings. The quantitative estimate of drug-likeness (QED) is 0.589. The second-order valence-electron chi connectivity index (χ2n) is 6.37. The standard InChI is InChI=1S/C15H30N4OS/c1-15(2)12-20-9-8-19(15)7-6-17-14(16-3)18-11-13-5-4-10-21-13/h13H,4-12H2,1-3H3,(H2,16,17,18). The molecular formula is C15H30N4OS. The predicted molar refractivity (Wildman–Crippen MR) is 91.3 cm³/mol. The Balaban J connectivity index is 1.65. The Morgan fingerprint density at radius 3 is 2.95 bits per heavy atom. The minimum atomic E-state index is 0.136. The summed E-state index contributed by atoms with van der Waals surface area (Å²) >= 11 is 2.07. The number of guanidine groups is 1. The van der Waals surface area contributed by atoms with Gasteiger partial charge in [-0.05, 0) is 32.4 Å². The molecule has 21 heavy (non-hydrogen) atoms. The van der Waals surface area contributed by atoms with Gasteiger partial charge in [-0.25, -0.2) is 0 Å². The van der Waals surface area contributed by atoms with Gasteiger partial charge in [0.25, 0.3) is 0 Å². The van der Waals surface area contributed by atoms with E-state index in [1.54, 1.807) is 0 Å². The van der Waals surface area contributed by atoms with Gasteiger partial charge in [0, 0.05) is 44.0 Å². The zero-order valence-corrected chi connectivity index (χ0v) is 14.5. The Bertz CT molecular complexity index is 343. The number of hydrogen-bond donors (Lipinski definition) is 2. The van der Waals surface area contributed by atoms with Crippen molar-refractivity contribution >= 4 is 17.7 Å². The fourth-order valence-electron chi connectivity index (χ4n) is 2.85. The number of ether oxygens (including phenoxy) is 1. The molecule has 122 valence electrons. The van der Waals surface area contributed by atoms with E-state index in [4.69, 9.17) is 4.74 Å². The van der Waals surface area contributed by atoms with Gasteiger partial charge in [-0.3, -0.25) is 9.89 Å². The summed E-state index contributed by atoms with van der Waals surface area (Å²) in [5.74, 6) is 2.23. The molecule has 0 aliphatic carbocycles. The van der Waals surface area contributed by atoms with Gasteiger partial charge in [0.1, 0.15) is 0 Å². The van der Waals surface area contributed by atoms with Gasteiger partial charge < -0.3 is 15.4 Å². The third-order valence-electron chi connectivity index (χ3n) is 4.24. The molecule has 1 unspecified atom stereocenters. The topological polar surface area (TPSA) is 48.9 Å². The Kier molecular flexibility index (Phi) is 6.64. The van der Waals surface area contributed by atoms with E-state index in [0.29, 0.717) is 0 Å². The maximum absolute atomic E-state index is 5.56. The molecule has 2 fully saturated rings. The van der Waals surface area contributed by atoms with Crippen LogP contribution in [0.2, 0.25) is 0 Å². The molecule has 0 aromatic heterocycles. The first-order valence-corrected chi connectivity index (χ1v) is 9.05. The van der Waals surface area contributed by atoms with Gasteiger partial charge in [-0.1, -0.05) is 0 Å². The second-order valence-corrected chi connectivity index (χ2v) is 7.78. The molecule has 2 rings (SSSR count). The molecule has 2 heterocycles. The fourth-order valence-corrected chi connectivity index (χ4v) is 4.05. The van der Waals surface area contributed by atoms with E-state index in [2.05, 4.69) is 46.1 Å². The van der Waals surface area contributed by atoms with Crippen LogP contribution in [0, 0.1) is 0 Å². The lowest BCUT2D eigenvalue weighted by molar-refractivity contribution is -0.0496. The van der Waals surface area contributed by atoms with E-state index in [9.17, 15) is 0 Å². The molecule has 0 spiro atoms. The van der Waals surface area contributed by atoms with Gasteiger partial charge in [0.05, 0.1) is 13.2 Å². The largest absolute Gasteiger partial charge is 0.378 e. The lowest BCUT2D eigenvalue weighted by Gasteiger charge is -2.42. The van der Waals surface area contributed by atoms with E-state index in [1.165, 1.54) is 18.6 Å². The Hall–Kier alpha value is -0.460. The summed E-state index contributed by atoms with van der Waals surface area (Å²) in [6.45, 7) is 10.1. The Morgan fingerprint density at radius 2 is 2.29 bits per heavy atom. The molecule has 2 N–H and O–H groups in total. The molecule has 2 aliphatic heterocycles. The highest BCUT2D eigenvalue weighted by Gasteiger charge is 2.29. The van der Waals surface area contributed by atoms with Crippen LogP contribution < -0.4 is 10.6 Å². The van der Waals surface area contributed by atoms with Crippen LogP contribution in [-0.2, 0) is 4.74 Å². The van der Waals surface area contributed by atoms with Gasteiger partial charge in [0.15, 0.2) is 5.96 Å². The summed E-state index contributed by atoms with van der Waals surface area (Å²) in [6.07, 6.45) is 2.69. The average Bonchev–Trinajstić information content (AvgIpc) is 2.97. The summed E-state index contributed by atoms with van der Waals surface area (Å²) in [5, 5.41) is 7.62. The fraction of sp³-hybridized carbons (Fsp3) is 0.933. The van der Waals surface area contributed by atoms with E-state index in [1.807, 2.05) is 7.05 Å². The lowest BCUT2D eigenvalue weighted by Crippen LogP contribution is -2.55. The van der Waals surface area contributed by atoms with Gasteiger partial charge >= 0.3 is 0 Å². The molecule has 2 aliphatic rings. The highest BCUT2D eigenvalue weighted by Crippen LogP contribution is 2.25. The summed E-state index contributed by atoms with van der Waals surface area (Å²) in [4.78, 5) is 6.80. The molecule has 0 bridgehead atoms. The molecule has 0 aromatic carbocycles. The zero-order valence-electron chi connectivity index (χ0n) is 13.7. The van der Waals surface area contributed by atoms with Crippen LogP contribution in [0.4, 0.5) is 0 Å².